The van der Waals surface area contributed by atoms with Gasteiger partial charge in [-0.05, 0) is 25.0 Å². The van der Waals surface area contributed by atoms with Gasteiger partial charge in [0.1, 0.15) is 0 Å². The standard InChI is InChI=1S/C14H21BrN2O2.ClH/c1-11(9-12-5-3-4-6-13(12)15)17-14(18)10-16-7-8-19-2;/h3-6,11,16H,7-10H2,1-2H3,(H,17,18);1H. The predicted octanol–water partition coefficient (Wildman–Crippen LogP) is 2.15. The summed E-state index contributed by atoms with van der Waals surface area (Å²) in [5.74, 6) is 0.00987. The summed E-state index contributed by atoms with van der Waals surface area (Å²) in [5, 5.41) is 5.99. The number of carbonyl (C=O) groups excluding carboxylic acids is 1. The molecule has 0 aliphatic heterocycles. The molecule has 0 aromatic heterocycles. The molecule has 1 rings (SSSR count). The van der Waals surface area contributed by atoms with Crippen molar-refractivity contribution in [2.75, 3.05) is 26.8 Å². The van der Waals surface area contributed by atoms with Crippen molar-refractivity contribution in [2.24, 2.45) is 0 Å². The van der Waals surface area contributed by atoms with Gasteiger partial charge in [0.15, 0.2) is 0 Å². The van der Waals surface area contributed by atoms with Crippen LogP contribution in [-0.2, 0) is 16.0 Å². The molecule has 0 heterocycles. The summed E-state index contributed by atoms with van der Waals surface area (Å²) in [4.78, 5) is 11.7. The van der Waals surface area contributed by atoms with E-state index in [2.05, 4.69) is 32.6 Å². The molecule has 0 bridgehead atoms. The van der Waals surface area contributed by atoms with Crippen molar-refractivity contribution in [1.82, 2.24) is 10.6 Å². The second-order valence-electron chi connectivity index (χ2n) is 4.43. The molecule has 4 nitrogen and oxygen atoms in total. The topological polar surface area (TPSA) is 50.4 Å². The predicted molar refractivity (Wildman–Crippen MR) is 87.4 cm³/mol. The lowest BCUT2D eigenvalue weighted by Gasteiger charge is -2.15. The van der Waals surface area contributed by atoms with Crippen molar-refractivity contribution in [3.8, 4) is 0 Å². The van der Waals surface area contributed by atoms with Crippen LogP contribution in [0.1, 0.15) is 12.5 Å². The SMILES string of the molecule is COCCNCC(=O)NC(C)Cc1ccccc1Br.Cl. The van der Waals surface area contributed by atoms with Crippen molar-refractivity contribution < 1.29 is 9.53 Å². The number of rotatable bonds is 8. The van der Waals surface area contributed by atoms with Crippen LogP contribution in [0.3, 0.4) is 0 Å². The summed E-state index contributed by atoms with van der Waals surface area (Å²) in [6.07, 6.45) is 0.811. The molecule has 114 valence electrons. The Morgan fingerprint density at radius 1 is 1.40 bits per heavy atom. The molecule has 1 aromatic rings. The normalized spacial score (nSPS) is 11.6. The van der Waals surface area contributed by atoms with E-state index in [-0.39, 0.29) is 24.4 Å². The third-order valence-electron chi connectivity index (χ3n) is 2.66. The van der Waals surface area contributed by atoms with E-state index in [1.54, 1.807) is 7.11 Å². The molecular weight excluding hydrogens is 344 g/mol. The fourth-order valence-corrected chi connectivity index (χ4v) is 2.19. The van der Waals surface area contributed by atoms with Crippen molar-refractivity contribution in [1.29, 1.82) is 0 Å². The van der Waals surface area contributed by atoms with Gasteiger partial charge >= 0.3 is 0 Å². The van der Waals surface area contributed by atoms with Crippen LogP contribution in [0.2, 0.25) is 0 Å². The van der Waals surface area contributed by atoms with Crippen LogP contribution in [-0.4, -0.2) is 38.8 Å². The molecule has 0 spiro atoms. The number of halogens is 2. The maximum absolute atomic E-state index is 11.7. The number of carbonyl (C=O) groups is 1. The minimum Gasteiger partial charge on any atom is -0.383 e. The lowest BCUT2D eigenvalue weighted by atomic mass is 10.1. The molecule has 0 aliphatic rings. The van der Waals surface area contributed by atoms with Gasteiger partial charge in [-0.2, -0.15) is 0 Å². The van der Waals surface area contributed by atoms with Gasteiger partial charge < -0.3 is 15.4 Å². The molecule has 2 N–H and O–H groups in total. The van der Waals surface area contributed by atoms with Gasteiger partial charge in [-0.25, -0.2) is 0 Å². The number of ether oxygens (including phenoxy) is 1. The second-order valence-corrected chi connectivity index (χ2v) is 5.29. The Kier molecular flexibility index (Phi) is 10.7. The first kappa shape index (κ1) is 19.4. The molecule has 0 saturated carbocycles. The zero-order valence-corrected chi connectivity index (χ0v) is 14.2. The van der Waals surface area contributed by atoms with Crippen molar-refractivity contribution >= 4 is 34.2 Å². The van der Waals surface area contributed by atoms with Crippen LogP contribution in [0.5, 0.6) is 0 Å². The van der Waals surface area contributed by atoms with Gasteiger partial charge in [0.25, 0.3) is 0 Å². The summed E-state index contributed by atoms with van der Waals surface area (Å²) in [6, 6.07) is 8.16. The van der Waals surface area contributed by atoms with Crippen molar-refractivity contribution in [3.05, 3.63) is 34.3 Å². The number of nitrogens with one attached hydrogen (secondary N) is 2. The molecule has 0 fully saturated rings. The first-order valence-corrected chi connectivity index (χ1v) is 7.15. The number of methoxy groups -OCH3 is 1. The lowest BCUT2D eigenvalue weighted by molar-refractivity contribution is -0.120. The number of hydrogen-bond acceptors (Lipinski definition) is 3. The average Bonchev–Trinajstić information content (AvgIpc) is 2.37. The Labute approximate surface area is 135 Å². The zero-order chi connectivity index (χ0) is 14.1. The highest BCUT2D eigenvalue weighted by molar-refractivity contribution is 9.10. The highest BCUT2D eigenvalue weighted by Crippen LogP contribution is 2.17. The van der Waals surface area contributed by atoms with E-state index < -0.39 is 0 Å². The minimum atomic E-state index is 0. The first-order valence-electron chi connectivity index (χ1n) is 6.36. The maximum atomic E-state index is 11.7. The molecule has 1 atom stereocenters. The van der Waals surface area contributed by atoms with Crippen LogP contribution in [0.4, 0.5) is 0 Å². The summed E-state index contributed by atoms with van der Waals surface area (Å²) < 4.78 is 5.98. The molecule has 0 radical (unpaired) electrons. The van der Waals surface area contributed by atoms with E-state index >= 15 is 0 Å². The van der Waals surface area contributed by atoms with Crippen LogP contribution in [0.15, 0.2) is 28.7 Å². The minimum absolute atomic E-state index is 0. The van der Waals surface area contributed by atoms with E-state index in [1.165, 1.54) is 5.56 Å². The first-order chi connectivity index (χ1) is 9.13. The fourth-order valence-electron chi connectivity index (χ4n) is 1.75. The number of amides is 1. The second kappa shape index (κ2) is 11.1. The average molecular weight is 366 g/mol. The number of benzene rings is 1. The fraction of sp³-hybridized carbons (Fsp3) is 0.500. The quantitative estimate of drug-likeness (QED) is 0.694. The van der Waals surface area contributed by atoms with Gasteiger partial charge in [0.05, 0.1) is 13.2 Å². The maximum Gasteiger partial charge on any atom is 0.234 e. The van der Waals surface area contributed by atoms with Crippen LogP contribution in [0, 0.1) is 0 Å². The molecule has 20 heavy (non-hydrogen) atoms. The molecule has 1 unspecified atom stereocenters. The van der Waals surface area contributed by atoms with Gasteiger partial charge in [-0.3, -0.25) is 4.79 Å². The van der Waals surface area contributed by atoms with E-state index in [0.29, 0.717) is 19.7 Å². The van der Waals surface area contributed by atoms with Crippen molar-refractivity contribution in [2.45, 2.75) is 19.4 Å². The molecular formula is C14H22BrClN2O2. The monoisotopic (exact) mass is 364 g/mol. The Morgan fingerprint density at radius 2 is 2.10 bits per heavy atom. The van der Waals surface area contributed by atoms with Crippen molar-refractivity contribution in [3.63, 3.8) is 0 Å². The summed E-state index contributed by atoms with van der Waals surface area (Å²) in [7, 11) is 1.64. The number of hydrogen-bond donors (Lipinski definition) is 2. The van der Waals surface area contributed by atoms with E-state index in [0.717, 1.165) is 10.9 Å². The van der Waals surface area contributed by atoms with Crippen LogP contribution >= 0.6 is 28.3 Å². The lowest BCUT2D eigenvalue weighted by Crippen LogP contribution is -2.40. The smallest absolute Gasteiger partial charge is 0.234 e. The third kappa shape index (κ3) is 7.85. The Morgan fingerprint density at radius 3 is 2.75 bits per heavy atom. The third-order valence-corrected chi connectivity index (χ3v) is 3.43. The molecule has 6 heteroatoms. The summed E-state index contributed by atoms with van der Waals surface area (Å²) >= 11 is 3.51. The van der Waals surface area contributed by atoms with E-state index in [1.807, 2.05) is 25.1 Å². The van der Waals surface area contributed by atoms with Gasteiger partial charge in [-0.1, -0.05) is 34.1 Å². The van der Waals surface area contributed by atoms with E-state index in [4.69, 9.17) is 4.74 Å². The summed E-state index contributed by atoms with van der Waals surface area (Å²) in [5.41, 5.74) is 1.20. The summed E-state index contributed by atoms with van der Waals surface area (Å²) in [6.45, 7) is 3.62. The Balaban J connectivity index is 0.00000361. The van der Waals surface area contributed by atoms with E-state index in [9.17, 15) is 4.79 Å². The molecule has 0 aliphatic carbocycles. The van der Waals surface area contributed by atoms with Crippen LogP contribution in [0.25, 0.3) is 0 Å². The molecule has 0 saturated heterocycles. The Hall–Kier alpha value is -0.620. The van der Waals surface area contributed by atoms with Gasteiger partial charge in [0.2, 0.25) is 5.91 Å². The zero-order valence-electron chi connectivity index (χ0n) is 11.8. The largest absolute Gasteiger partial charge is 0.383 e. The molecule has 1 amide bonds. The highest BCUT2D eigenvalue weighted by Gasteiger charge is 2.09. The Bertz CT molecular complexity index is 405. The highest BCUT2D eigenvalue weighted by atomic mass is 79.9. The molecule has 1 aromatic carbocycles. The van der Waals surface area contributed by atoms with Crippen LogP contribution < -0.4 is 10.6 Å². The van der Waals surface area contributed by atoms with Gasteiger partial charge in [-0.15, -0.1) is 12.4 Å². The van der Waals surface area contributed by atoms with Gasteiger partial charge in [0, 0.05) is 24.2 Å².